The summed E-state index contributed by atoms with van der Waals surface area (Å²) in [5.74, 6) is 1.22. The average Bonchev–Trinajstić information content (AvgIpc) is 3.36. The minimum atomic E-state index is -0.588. The zero-order chi connectivity index (χ0) is 23.0. The van der Waals surface area contributed by atoms with Gasteiger partial charge in [0, 0.05) is 12.3 Å². The molecule has 1 amide bonds. The molecule has 0 aromatic heterocycles. The van der Waals surface area contributed by atoms with Crippen molar-refractivity contribution < 1.29 is 19.0 Å². The van der Waals surface area contributed by atoms with Gasteiger partial charge in [0.05, 0.1) is 18.9 Å². The van der Waals surface area contributed by atoms with E-state index >= 15 is 0 Å². The number of ether oxygens (including phenoxy) is 3. The van der Waals surface area contributed by atoms with Crippen molar-refractivity contribution in [2.75, 3.05) is 31.0 Å². The van der Waals surface area contributed by atoms with Gasteiger partial charge in [0.15, 0.2) is 0 Å². The molecule has 0 radical (unpaired) electrons. The van der Waals surface area contributed by atoms with Crippen LogP contribution in [0.2, 0.25) is 0 Å². The van der Waals surface area contributed by atoms with Crippen molar-refractivity contribution >= 4 is 17.3 Å². The third kappa shape index (κ3) is 6.05. The zero-order valence-electron chi connectivity index (χ0n) is 19.0. The SMILES string of the molecule is COc1ccc(C)cc1NC(=O)C(Nc1ccc(OCC2CCCO2)cc1)c1ccccc1. The number of nitrogens with one attached hydrogen (secondary N) is 2. The normalized spacial score (nSPS) is 16.1. The first-order chi connectivity index (χ1) is 16.1. The molecule has 0 bridgehead atoms. The quantitative estimate of drug-likeness (QED) is 0.464. The summed E-state index contributed by atoms with van der Waals surface area (Å²) >= 11 is 0. The summed E-state index contributed by atoms with van der Waals surface area (Å²) in [5.41, 5.74) is 3.36. The standard InChI is InChI=1S/C27H30N2O4/c1-19-10-15-25(31-2)24(17-19)29-27(30)26(20-7-4-3-5-8-20)28-21-11-13-22(14-12-21)33-18-23-9-6-16-32-23/h3-5,7-8,10-15,17,23,26,28H,6,9,16,18H2,1-2H3,(H,29,30). The number of anilines is 2. The van der Waals surface area contributed by atoms with E-state index in [1.165, 1.54) is 0 Å². The monoisotopic (exact) mass is 446 g/mol. The number of benzene rings is 3. The lowest BCUT2D eigenvalue weighted by Crippen LogP contribution is -2.27. The second-order valence-electron chi connectivity index (χ2n) is 8.15. The molecule has 4 rings (SSSR count). The molecule has 2 unspecified atom stereocenters. The van der Waals surface area contributed by atoms with Crippen molar-refractivity contribution in [2.24, 2.45) is 0 Å². The molecule has 1 aliphatic heterocycles. The third-order valence-corrected chi connectivity index (χ3v) is 5.63. The van der Waals surface area contributed by atoms with Crippen molar-refractivity contribution in [3.8, 4) is 11.5 Å². The molecular weight excluding hydrogens is 416 g/mol. The molecule has 0 aliphatic carbocycles. The van der Waals surface area contributed by atoms with Crippen LogP contribution in [0.25, 0.3) is 0 Å². The predicted molar refractivity (Wildman–Crippen MR) is 130 cm³/mol. The number of carbonyl (C=O) groups excluding carboxylic acids is 1. The highest BCUT2D eigenvalue weighted by Gasteiger charge is 2.22. The summed E-state index contributed by atoms with van der Waals surface area (Å²) in [6, 6.07) is 22.4. The lowest BCUT2D eigenvalue weighted by molar-refractivity contribution is -0.117. The van der Waals surface area contributed by atoms with Gasteiger partial charge in [0.2, 0.25) is 0 Å². The molecule has 0 saturated carbocycles. The number of hydrogen-bond donors (Lipinski definition) is 2. The first-order valence-electron chi connectivity index (χ1n) is 11.2. The number of carbonyl (C=O) groups is 1. The van der Waals surface area contributed by atoms with E-state index in [1.54, 1.807) is 7.11 Å². The highest BCUT2D eigenvalue weighted by molar-refractivity contribution is 5.98. The van der Waals surface area contributed by atoms with Crippen LogP contribution in [0.5, 0.6) is 11.5 Å². The largest absolute Gasteiger partial charge is 0.495 e. The number of rotatable bonds is 9. The van der Waals surface area contributed by atoms with E-state index in [2.05, 4.69) is 10.6 Å². The Morgan fingerprint density at radius 3 is 2.58 bits per heavy atom. The van der Waals surface area contributed by atoms with Gasteiger partial charge >= 0.3 is 0 Å². The molecule has 1 aliphatic rings. The molecule has 172 valence electrons. The number of hydrogen-bond acceptors (Lipinski definition) is 5. The van der Waals surface area contributed by atoms with Crippen molar-refractivity contribution in [2.45, 2.75) is 31.9 Å². The number of aryl methyl sites for hydroxylation is 1. The van der Waals surface area contributed by atoms with Gasteiger partial charge in [-0.15, -0.1) is 0 Å². The first-order valence-corrected chi connectivity index (χ1v) is 11.2. The molecule has 6 heteroatoms. The van der Waals surface area contributed by atoms with Crippen LogP contribution < -0.4 is 20.1 Å². The highest BCUT2D eigenvalue weighted by atomic mass is 16.5. The maximum absolute atomic E-state index is 13.3. The smallest absolute Gasteiger partial charge is 0.251 e. The van der Waals surface area contributed by atoms with Crippen LogP contribution in [-0.4, -0.2) is 32.3 Å². The second-order valence-corrected chi connectivity index (χ2v) is 8.15. The van der Waals surface area contributed by atoms with E-state index in [0.29, 0.717) is 18.0 Å². The maximum Gasteiger partial charge on any atom is 0.251 e. The molecule has 2 N–H and O–H groups in total. The molecule has 2 atom stereocenters. The van der Waals surface area contributed by atoms with E-state index in [4.69, 9.17) is 14.2 Å². The van der Waals surface area contributed by atoms with E-state index < -0.39 is 6.04 Å². The van der Waals surface area contributed by atoms with Crippen LogP contribution >= 0.6 is 0 Å². The van der Waals surface area contributed by atoms with Gasteiger partial charge in [-0.1, -0.05) is 36.4 Å². The van der Waals surface area contributed by atoms with Crippen LogP contribution in [0, 0.1) is 6.92 Å². The number of methoxy groups -OCH3 is 1. The lowest BCUT2D eigenvalue weighted by atomic mass is 10.1. The van der Waals surface area contributed by atoms with E-state index in [1.807, 2.05) is 79.7 Å². The molecule has 1 fully saturated rings. The first kappa shape index (κ1) is 22.7. The molecule has 1 heterocycles. The number of amides is 1. The van der Waals surface area contributed by atoms with Crippen LogP contribution in [0.4, 0.5) is 11.4 Å². The van der Waals surface area contributed by atoms with Gasteiger partial charge in [0.1, 0.15) is 24.1 Å². The van der Waals surface area contributed by atoms with Gasteiger partial charge in [0.25, 0.3) is 5.91 Å². The van der Waals surface area contributed by atoms with Crippen LogP contribution in [0.3, 0.4) is 0 Å². The second kappa shape index (κ2) is 10.9. The van der Waals surface area contributed by atoms with Gasteiger partial charge in [-0.2, -0.15) is 0 Å². The minimum Gasteiger partial charge on any atom is -0.495 e. The Morgan fingerprint density at radius 2 is 1.88 bits per heavy atom. The lowest BCUT2D eigenvalue weighted by Gasteiger charge is -2.21. The van der Waals surface area contributed by atoms with Crippen molar-refractivity contribution in [3.05, 3.63) is 83.9 Å². The van der Waals surface area contributed by atoms with Crippen molar-refractivity contribution in [3.63, 3.8) is 0 Å². The summed E-state index contributed by atoms with van der Waals surface area (Å²) in [5, 5.41) is 6.38. The molecule has 0 spiro atoms. The van der Waals surface area contributed by atoms with E-state index in [-0.39, 0.29) is 12.0 Å². The van der Waals surface area contributed by atoms with Gasteiger partial charge in [-0.3, -0.25) is 4.79 Å². The van der Waals surface area contributed by atoms with Crippen LogP contribution in [0.15, 0.2) is 72.8 Å². The summed E-state index contributed by atoms with van der Waals surface area (Å²) in [6.07, 6.45) is 2.31. The topological polar surface area (TPSA) is 68.8 Å². The summed E-state index contributed by atoms with van der Waals surface area (Å²) in [4.78, 5) is 13.3. The fraction of sp³-hybridized carbons (Fsp3) is 0.296. The van der Waals surface area contributed by atoms with Crippen molar-refractivity contribution in [1.82, 2.24) is 0 Å². The molecular formula is C27H30N2O4. The molecule has 3 aromatic carbocycles. The van der Waals surface area contributed by atoms with E-state index in [0.717, 1.165) is 42.0 Å². The Kier molecular flexibility index (Phi) is 7.47. The Balaban J connectivity index is 1.48. The molecule has 33 heavy (non-hydrogen) atoms. The Labute approximate surface area is 194 Å². The maximum atomic E-state index is 13.3. The minimum absolute atomic E-state index is 0.174. The zero-order valence-corrected chi connectivity index (χ0v) is 19.0. The third-order valence-electron chi connectivity index (χ3n) is 5.63. The Hall–Kier alpha value is -3.51. The molecule has 3 aromatic rings. The van der Waals surface area contributed by atoms with Crippen molar-refractivity contribution in [1.29, 1.82) is 0 Å². The average molecular weight is 447 g/mol. The van der Waals surface area contributed by atoms with Crippen LogP contribution in [-0.2, 0) is 9.53 Å². The van der Waals surface area contributed by atoms with Crippen LogP contribution in [0.1, 0.15) is 30.0 Å². The summed E-state index contributed by atoms with van der Waals surface area (Å²) in [6.45, 7) is 3.35. The molecule has 6 nitrogen and oxygen atoms in total. The fourth-order valence-electron chi connectivity index (χ4n) is 3.85. The van der Waals surface area contributed by atoms with E-state index in [9.17, 15) is 4.79 Å². The fourth-order valence-corrected chi connectivity index (χ4v) is 3.85. The molecule has 1 saturated heterocycles. The Morgan fingerprint density at radius 1 is 1.09 bits per heavy atom. The predicted octanol–water partition coefficient (Wildman–Crippen LogP) is 5.35. The summed E-state index contributed by atoms with van der Waals surface area (Å²) < 4.78 is 16.9. The van der Waals surface area contributed by atoms with Gasteiger partial charge in [-0.05, 0) is 67.3 Å². The highest BCUT2D eigenvalue weighted by Crippen LogP contribution is 2.28. The Bertz CT molecular complexity index is 1050. The van der Waals surface area contributed by atoms with Gasteiger partial charge in [-0.25, -0.2) is 0 Å². The summed E-state index contributed by atoms with van der Waals surface area (Å²) in [7, 11) is 1.59. The van der Waals surface area contributed by atoms with Gasteiger partial charge < -0.3 is 24.8 Å².